The number of carbonyl (C=O) groups excluding carboxylic acids is 1. The minimum atomic E-state index is -0.367. The average molecular weight is 196 g/mol. The van der Waals surface area contributed by atoms with Crippen LogP contribution in [0.5, 0.6) is 11.5 Å². The molecule has 0 aliphatic heterocycles. The number of benzene rings is 1. The first-order chi connectivity index (χ1) is 6.67. The number of nitrogens with one attached hydrogen (secondary N) is 1. The van der Waals surface area contributed by atoms with Gasteiger partial charge in [0.05, 0.1) is 19.3 Å². The number of methoxy groups -OCH3 is 1. The molecule has 1 amide bonds. The van der Waals surface area contributed by atoms with Crippen molar-refractivity contribution >= 4 is 11.6 Å². The molecule has 0 atom stereocenters. The molecule has 5 heteroatoms. The minimum Gasteiger partial charge on any atom is -0.506 e. The van der Waals surface area contributed by atoms with Crippen LogP contribution in [0, 0.1) is 0 Å². The molecule has 5 nitrogen and oxygen atoms in total. The SMILES string of the molecule is COc1ccc(O)c(NC(=O)CN)c1. The summed E-state index contributed by atoms with van der Waals surface area (Å²) in [6, 6.07) is 4.54. The Morgan fingerprint density at radius 3 is 2.93 bits per heavy atom. The fourth-order valence-electron chi connectivity index (χ4n) is 0.943. The summed E-state index contributed by atoms with van der Waals surface area (Å²) in [5.41, 5.74) is 5.41. The average Bonchev–Trinajstić information content (AvgIpc) is 2.21. The molecule has 0 aliphatic rings. The van der Waals surface area contributed by atoms with Gasteiger partial charge in [0.1, 0.15) is 11.5 Å². The van der Waals surface area contributed by atoms with Crippen molar-refractivity contribution in [2.45, 2.75) is 0 Å². The van der Waals surface area contributed by atoms with E-state index < -0.39 is 0 Å². The van der Waals surface area contributed by atoms with Crippen LogP contribution in [0.3, 0.4) is 0 Å². The molecule has 1 rings (SSSR count). The smallest absolute Gasteiger partial charge is 0.238 e. The highest BCUT2D eigenvalue weighted by molar-refractivity contribution is 5.93. The predicted molar refractivity (Wildman–Crippen MR) is 52.3 cm³/mol. The molecule has 0 radical (unpaired) electrons. The summed E-state index contributed by atoms with van der Waals surface area (Å²) in [6.45, 7) is -0.128. The third-order valence-electron chi connectivity index (χ3n) is 1.66. The first-order valence-electron chi connectivity index (χ1n) is 4.04. The predicted octanol–water partition coefficient (Wildman–Crippen LogP) is 0.298. The lowest BCUT2D eigenvalue weighted by molar-refractivity contribution is -0.114. The zero-order chi connectivity index (χ0) is 10.6. The molecular formula is C9H12N2O3. The van der Waals surface area contributed by atoms with Crippen molar-refractivity contribution in [2.75, 3.05) is 19.0 Å². The summed E-state index contributed by atoms with van der Waals surface area (Å²) < 4.78 is 4.93. The molecule has 0 heterocycles. The molecule has 0 spiro atoms. The van der Waals surface area contributed by atoms with Gasteiger partial charge in [0.25, 0.3) is 0 Å². The Kier molecular flexibility index (Phi) is 3.30. The number of nitrogens with two attached hydrogens (primary N) is 1. The van der Waals surface area contributed by atoms with Crippen molar-refractivity contribution in [1.82, 2.24) is 0 Å². The molecule has 0 aromatic heterocycles. The second-order valence-corrected chi connectivity index (χ2v) is 2.64. The molecule has 4 N–H and O–H groups in total. The Balaban J connectivity index is 2.89. The normalized spacial score (nSPS) is 9.57. The molecule has 14 heavy (non-hydrogen) atoms. The highest BCUT2D eigenvalue weighted by Gasteiger charge is 2.05. The summed E-state index contributed by atoms with van der Waals surface area (Å²) in [5.74, 6) is 0.163. The Morgan fingerprint density at radius 2 is 2.36 bits per heavy atom. The Labute approximate surface area is 81.5 Å². The number of rotatable bonds is 3. The molecular weight excluding hydrogens is 184 g/mol. The maximum Gasteiger partial charge on any atom is 0.238 e. The van der Waals surface area contributed by atoms with Crippen molar-refractivity contribution in [3.63, 3.8) is 0 Å². The fourth-order valence-corrected chi connectivity index (χ4v) is 0.943. The van der Waals surface area contributed by atoms with Gasteiger partial charge >= 0.3 is 0 Å². The number of ether oxygens (including phenoxy) is 1. The van der Waals surface area contributed by atoms with E-state index in [2.05, 4.69) is 5.32 Å². The van der Waals surface area contributed by atoms with Crippen LogP contribution >= 0.6 is 0 Å². The van der Waals surface area contributed by atoms with Crippen LogP contribution in [-0.4, -0.2) is 24.7 Å². The van der Waals surface area contributed by atoms with Gasteiger partial charge in [0, 0.05) is 6.07 Å². The van der Waals surface area contributed by atoms with E-state index in [9.17, 15) is 9.90 Å². The van der Waals surface area contributed by atoms with Crippen LogP contribution < -0.4 is 15.8 Å². The van der Waals surface area contributed by atoms with Gasteiger partial charge < -0.3 is 20.9 Å². The van der Waals surface area contributed by atoms with Crippen molar-refractivity contribution in [3.05, 3.63) is 18.2 Å². The van der Waals surface area contributed by atoms with E-state index in [1.165, 1.54) is 19.2 Å². The molecule has 1 aromatic rings. The third-order valence-corrected chi connectivity index (χ3v) is 1.66. The van der Waals surface area contributed by atoms with Gasteiger partial charge in [0.2, 0.25) is 5.91 Å². The van der Waals surface area contributed by atoms with Gasteiger partial charge in [-0.15, -0.1) is 0 Å². The van der Waals surface area contributed by atoms with Gasteiger partial charge in [-0.3, -0.25) is 4.79 Å². The number of hydrogen-bond acceptors (Lipinski definition) is 4. The number of hydrogen-bond donors (Lipinski definition) is 3. The van der Waals surface area contributed by atoms with Crippen molar-refractivity contribution < 1.29 is 14.6 Å². The van der Waals surface area contributed by atoms with Gasteiger partial charge in [-0.25, -0.2) is 0 Å². The van der Waals surface area contributed by atoms with Gasteiger partial charge in [-0.2, -0.15) is 0 Å². The van der Waals surface area contributed by atoms with Gasteiger partial charge in [-0.1, -0.05) is 0 Å². The van der Waals surface area contributed by atoms with Gasteiger partial charge in [0.15, 0.2) is 0 Å². The molecule has 0 bridgehead atoms. The molecule has 0 fully saturated rings. The summed E-state index contributed by atoms with van der Waals surface area (Å²) >= 11 is 0. The van der Waals surface area contributed by atoms with Crippen LogP contribution in [-0.2, 0) is 4.79 Å². The quantitative estimate of drug-likeness (QED) is 0.607. The molecule has 0 saturated heterocycles. The number of phenolic OH excluding ortho intramolecular Hbond substituents is 1. The topological polar surface area (TPSA) is 84.6 Å². The second kappa shape index (κ2) is 4.48. The number of amides is 1. The molecule has 0 aliphatic carbocycles. The van der Waals surface area contributed by atoms with E-state index in [4.69, 9.17) is 10.5 Å². The Hall–Kier alpha value is -1.75. The number of aromatic hydroxyl groups is 1. The van der Waals surface area contributed by atoms with Crippen LogP contribution in [0.15, 0.2) is 18.2 Å². The number of anilines is 1. The maximum atomic E-state index is 10.9. The zero-order valence-electron chi connectivity index (χ0n) is 7.78. The molecule has 76 valence electrons. The van der Waals surface area contributed by atoms with E-state index in [1.54, 1.807) is 6.07 Å². The summed E-state index contributed by atoms with van der Waals surface area (Å²) in [4.78, 5) is 10.9. The maximum absolute atomic E-state index is 10.9. The standard InChI is InChI=1S/C9H12N2O3/c1-14-6-2-3-8(12)7(4-6)11-9(13)5-10/h2-4,12H,5,10H2,1H3,(H,11,13). The van der Waals surface area contributed by atoms with E-state index in [0.717, 1.165) is 0 Å². The monoisotopic (exact) mass is 196 g/mol. The van der Waals surface area contributed by atoms with E-state index in [-0.39, 0.29) is 18.2 Å². The number of carbonyl (C=O) groups is 1. The zero-order valence-corrected chi connectivity index (χ0v) is 7.78. The molecule has 1 aromatic carbocycles. The lowest BCUT2D eigenvalue weighted by Gasteiger charge is -2.07. The van der Waals surface area contributed by atoms with Crippen molar-refractivity contribution in [1.29, 1.82) is 0 Å². The first-order valence-corrected chi connectivity index (χ1v) is 4.04. The first kappa shape index (κ1) is 10.3. The van der Waals surface area contributed by atoms with Crippen molar-refractivity contribution in [2.24, 2.45) is 5.73 Å². The highest BCUT2D eigenvalue weighted by Crippen LogP contribution is 2.27. The fraction of sp³-hybridized carbons (Fsp3) is 0.222. The van der Waals surface area contributed by atoms with Crippen LogP contribution in [0.4, 0.5) is 5.69 Å². The van der Waals surface area contributed by atoms with Gasteiger partial charge in [-0.05, 0) is 12.1 Å². The summed E-state index contributed by atoms with van der Waals surface area (Å²) in [5, 5.41) is 11.8. The lowest BCUT2D eigenvalue weighted by atomic mass is 10.2. The van der Waals surface area contributed by atoms with E-state index in [0.29, 0.717) is 11.4 Å². The molecule has 0 unspecified atom stereocenters. The lowest BCUT2D eigenvalue weighted by Crippen LogP contribution is -2.21. The largest absolute Gasteiger partial charge is 0.506 e. The third kappa shape index (κ3) is 2.37. The van der Waals surface area contributed by atoms with E-state index in [1.807, 2.05) is 0 Å². The highest BCUT2D eigenvalue weighted by atomic mass is 16.5. The van der Waals surface area contributed by atoms with Crippen LogP contribution in [0.2, 0.25) is 0 Å². The second-order valence-electron chi connectivity index (χ2n) is 2.64. The Bertz CT molecular complexity index is 339. The molecule has 0 saturated carbocycles. The van der Waals surface area contributed by atoms with Crippen molar-refractivity contribution in [3.8, 4) is 11.5 Å². The van der Waals surface area contributed by atoms with E-state index >= 15 is 0 Å². The van der Waals surface area contributed by atoms with Crippen LogP contribution in [0.1, 0.15) is 0 Å². The Morgan fingerprint density at radius 1 is 1.64 bits per heavy atom. The van der Waals surface area contributed by atoms with Crippen LogP contribution in [0.25, 0.3) is 0 Å². The summed E-state index contributed by atoms with van der Waals surface area (Å²) in [6.07, 6.45) is 0. The summed E-state index contributed by atoms with van der Waals surface area (Å²) in [7, 11) is 1.50. The number of phenols is 1. The minimum absolute atomic E-state index is 0.0207.